The Kier molecular flexibility index (Phi) is 2.16. The van der Waals surface area contributed by atoms with Gasteiger partial charge >= 0.3 is 6.18 Å². The van der Waals surface area contributed by atoms with Crippen LogP contribution in [0.2, 0.25) is 0 Å². The van der Waals surface area contributed by atoms with Gasteiger partial charge in [-0.2, -0.15) is 13.2 Å². The van der Waals surface area contributed by atoms with Crippen molar-refractivity contribution >= 4 is 6.29 Å². The van der Waals surface area contributed by atoms with Gasteiger partial charge in [-0.05, 0) is 19.3 Å². The second-order valence-corrected chi connectivity index (χ2v) is 3.17. The first-order chi connectivity index (χ1) is 5.39. The maximum atomic E-state index is 12.1. The van der Waals surface area contributed by atoms with E-state index < -0.39 is 24.1 Å². The molecule has 0 bridgehead atoms. The standard InChI is InChI=1S/C7H9F3O2/c8-7(9,10)6(12)2-1-5(3-6)4-11/h4-5,12H,1-3H2. The molecule has 70 valence electrons. The summed E-state index contributed by atoms with van der Waals surface area (Å²) < 4.78 is 36.3. The molecule has 0 saturated heterocycles. The number of hydrogen-bond donors (Lipinski definition) is 1. The molecule has 0 heterocycles. The van der Waals surface area contributed by atoms with Crippen molar-refractivity contribution in [2.75, 3.05) is 0 Å². The zero-order valence-electron chi connectivity index (χ0n) is 6.27. The lowest BCUT2D eigenvalue weighted by molar-refractivity contribution is -0.257. The second-order valence-electron chi connectivity index (χ2n) is 3.17. The van der Waals surface area contributed by atoms with E-state index >= 15 is 0 Å². The van der Waals surface area contributed by atoms with Gasteiger partial charge in [0, 0.05) is 5.92 Å². The number of halogens is 3. The van der Waals surface area contributed by atoms with Crippen LogP contribution >= 0.6 is 0 Å². The Morgan fingerprint density at radius 1 is 1.50 bits per heavy atom. The number of carbonyl (C=O) groups is 1. The Morgan fingerprint density at radius 3 is 2.33 bits per heavy atom. The topological polar surface area (TPSA) is 37.3 Å². The molecule has 2 unspecified atom stereocenters. The first-order valence-electron chi connectivity index (χ1n) is 3.63. The predicted molar refractivity (Wildman–Crippen MR) is 34.4 cm³/mol. The van der Waals surface area contributed by atoms with Gasteiger partial charge in [0.2, 0.25) is 0 Å². The molecule has 0 aliphatic heterocycles. The van der Waals surface area contributed by atoms with Crippen LogP contribution in [0.5, 0.6) is 0 Å². The zero-order chi connectivity index (χ0) is 9.41. The first kappa shape index (κ1) is 9.51. The Balaban J connectivity index is 2.70. The monoisotopic (exact) mass is 182 g/mol. The van der Waals surface area contributed by atoms with E-state index in [4.69, 9.17) is 5.11 Å². The van der Waals surface area contributed by atoms with Crippen molar-refractivity contribution in [2.24, 2.45) is 5.92 Å². The zero-order valence-corrected chi connectivity index (χ0v) is 6.27. The van der Waals surface area contributed by atoms with Crippen LogP contribution in [0.15, 0.2) is 0 Å². The summed E-state index contributed by atoms with van der Waals surface area (Å²) in [5.74, 6) is -0.642. The van der Waals surface area contributed by atoms with Crippen LogP contribution in [-0.2, 0) is 4.79 Å². The van der Waals surface area contributed by atoms with Gasteiger partial charge in [-0.1, -0.05) is 0 Å². The van der Waals surface area contributed by atoms with Crippen LogP contribution in [-0.4, -0.2) is 23.2 Å². The lowest BCUT2D eigenvalue weighted by Gasteiger charge is -2.25. The van der Waals surface area contributed by atoms with E-state index in [1.54, 1.807) is 0 Å². The molecule has 12 heavy (non-hydrogen) atoms. The molecule has 0 aromatic carbocycles. The summed E-state index contributed by atoms with van der Waals surface area (Å²) >= 11 is 0. The molecule has 0 aromatic rings. The van der Waals surface area contributed by atoms with Gasteiger partial charge in [-0.3, -0.25) is 0 Å². The van der Waals surface area contributed by atoms with Crippen LogP contribution in [0.4, 0.5) is 13.2 Å². The average Bonchev–Trinajstić information content (AvgIpc) is 2.31. The fraction of sp³-hybridized carbons (Fsp3) is 0.857. The minimum atomic E-state index is -4.61. The van der Waals surface area contributed by atoms with Crippen molar-refractivity contribution in [1.29, 1.82) is 0 Å². The molecule has 1 N–H and O–H groups in total. The predicted octanol–water partition coefficient (Wildman–Crippen LogP) is 1.28. The Labute approximate surface area is 67.4 Å². The van der Waals surface area contributed by atoms with Gasteiger partial charge in [-0.25, -0.2) is 0 Å². The van der Waals surface area contributed by atoms with E-state index in [1.807, 2.05) is 0 Å². The number of hydrogen-bond acceptors (Lipinski definition) is 2. The Hall–Kier alpha value is -0.580. The summed E-state index contributed by atoms with van der Waals surface area (Å²) in [5, 5.41) is 9.05. The minimum Gasteiger partial charge on any atom is -0.380 e. The van der Waals surface area contributed by atoms with E-state index in [2.05, 4.69) is 0 Å². The Morgan fingerprint density at radius 2 is 2.08 bits per heavy atom. The molecule has 0 radical (unpaired) electrons. The van der Waals surface area contributed by atoms with Crippen molar-refractivity contribution in [1.82, 2.24) is 0 Å². The molecular weight excluding hydrogens is 173 g/mol. The molecule has 1 saturated carbocycles. The minimum absolute atomic E-state index is 0.125. The van der Waals surface area contributed by atoms with Crippen molar-refractivity contribution in [3.8, 4) is 0 Å². The number of rotatable bonds is 1. The summed E-state index contributed by atoms with van der Waals surface area (Å²) in [6.07, 6.45) is -4.85. The number of alkyl halides is 3. The van der Waals surface area contributed by atoms with E-state index in [-0.39, 0.29) is 12.8 Å². The summed E-state index contributed by atoms with van der Waals surface area (Å²) in [4.78, 5) is 10.1. The summed E-state index contributed by atoms with van der Waals surface area (Å²) in [7, 11) is 0. The fourth-order valence-corrected chi connectivity index (χ4v) is 1.44. The highest BCUT2D eigenvalue weighted by Gasteiger charge is 2.57. The molecule has 1 aliphatic carbocycles. The third kappa shape index (κ3) is 1.46. The summed E-state index contributed by atoms with van der Waals surface area (Å²) in [6, 6.07) is 0. The summed E-state index contributed by atoms with van der Waals surface area (Å²) in [6.45, 7) is 0. The maximum absolute atomic E-state index is 12.1. The second kappa shape index (κ2) is 2.73. The van der Waals surface area contributed by atoms with Gasteiger partial charge < -0.3 is 9.90 Å². The lowest BCUT2D eigenvalue weighted by atomic mass is 10.0. The summed E-state index contributed by atoms with van der Waals surface area (Å²) in [5.41, 5.74) is -2.63. The molecule has 2 nitrogen and oxygen atoms in total. The van der Waals surface area contributed by atoms with Gasteiger partial charge in [0.05, 0.1) is 0 Å². The van der Waals surface area contributed by atoms with E-state index in [9.17, 15) is 18.0 Å². The quantitative estimate of drug-likeness (QED) is 0.620. The highest BCUT2D eigenvalue weighted by Crippen LogP contribution is 2.44. The van der Waals surface area contributed by atoms with E-state index in [0.29, 0.717) is 6.29 Å². The third-order valence-corrected chi connectivity index (χ3v) is 2.25. The third-order valence-electron chi connectivity index (χ3n) is 2.25. The van der Waals surface area contributed by atoms with Crippen molar-refractivity contribution in [3.05, 3.63) is 0 Å². The van der Waals surface area contributed by atoms with Gasteiger partial charge in [-0.15, -0.1) is 0 Å². The largest absolute Gasteiger partial charge is 0.417 e. The van der Waals surface area contributed by atoms with Gasteiger partial charge in [0.1, 0.15) is 6.29 Å². The molecule has 0 amide bonds. The lowest BCUT2D eigenvalue weighted by Crippen LogP contribution is -2.42. The van der Waals surface area contributed by atoms with Crippen molar-refractivity contribution in [2.45, 2.75) is 31.0 Å². The number of aliphatic hydroxyl groups is 1. The molecule has 5 heteroatoms. The van der Waals surface area contributed by atoms with Gasteiger partial charge in [0.25, 0.3) is 0 Å². The first-order valence-corrected chi connectivity index (χ1v) is 3.63. The van der Waals surface area contributed by atoms with Crippen molar-refractivity contribution < 1.29 is 23.1 Å². The highest BCUT2D eigenvalue weighted by molar-refractivity contribution is 5.54. The number of carbonyl (C=O) groups excluding carboxylic acids is 1. The Bertz CT molecular complexity index is 190. The molecule has 0 aromatic heterocycles. The smallest absolute Gasteiger partial charge is 0.380 e. The average molecular weight is 182 g/mol. The highest BCUT2D eigenvalue weighted by atomic mass is 19.4. The molecule has 2 atom stereocenters. The molecule has 0 spiro atoms. The van der Waals surface area contributed by atoms with E-state index in [0.717, 1.165) is 0 Å². The van der Waals surface area contributed by atoms with Crippen LogP contribution in [0.25, 0.3) is 0 Å². The van der Waals surface area contributed by atoms with Crippen molar-refractivity contribution in [3.63, 3.8) is 0 Å². The molecule has 1 fully saturated rings. The molecular formula is C7H9F3O2. The van der Waals surface area contributed by atoms with E-state index in [1.165, 1.54) is 0 Å². The molecule has 1 aliphatic rings. The van der Waals surface area contributed by atoms with Crippen LogP contribution in [0.1, 0.15) is 19.3 Å². The fourth-order valence-electron chi connectivity index (χ4n) is 1.44. The SMILES string of the molecule is O=CC1CCC(O)(C(F)(F)F)C1. The van der Waals surface area contributed by atoms with Crippen LogP contribution in [0, 0.1) is 5.92 Å². The molecule has 1 rings (SSSR count). The number of aldehydes is 1. The maximum Gasteiger partial charge on any atom is 0.417 e. The van der Waals surface area contributed by atoms with Crippen LogP contribution in [0.3, 0.4) is 0 Å². The van der Waals surface area contributed by atoms with Crippen LogP contribution < -0.4 is 0 Å². The van der Waals surface area contributed by atoms with Gasteiger partial charge in [0.15, 0.2) is 5.60 Å². The normalized spacial score (nSPS) is 36.8.